The van der Waals surface area contributed by atoms with Crippen LogP contribution in [0.1, 0.15) is 35.7 Å². The standard InChI is InChI=1S/C11H19N3S/c1-12-7-6-10-13-14-11(15-10)8-9-4-2-3-5-9/h9,12H,2-8H2,1H3. The zero-order chi connectivity index (χ0) is 10.5. The number of nitrogens with zero attached hydrogens (tertiary/aromatic N) is 2. The molecule has 0 atom stereocenters. The summed E-state index contributed by atoms with van der Waals surface area (Å²) in [6.45, 7) is 0.998. The van der Waals surface area contributed by atoms with Crippen LogP contribution in [0.4, 0.5) is 0 Å². The van der Waals surface area contributed by atoms with Crippen molar-refractivity contribution in [3.63, 3.8) is 0 Å². The van der Waals surface area contributed by atoms with E-state index in [2.05, 4.69) is 15.5 Å². The first-order chi connectivity index (χ1) is 7.38. The summed E-state index contributed by atoms with van der Waals surface area (Å²) in [5.41, 5.74) is 0. The van der Waals surface area contributed by atoms with E-state index in [9.17, 15) is 0 Å². The molecule has 0 unspecified atom stereocenters. The smallest absolute Gasteiger partial charge is 0.118 e. The van der Waals surface area contributed by atoms with Gasteiger partial charge in [0, 0.05) is 19.4 Å². The molecule has 1 aliphatic rings. The molecular weight excluding hydrogens is 206 g/mol. The van der Waals surface area contributed by atoms with E-state index in [4.69, 9.17) is 0 Å². The van der Waals surface area contributed by atoms with Crippen molar-refractivity contribution in [2.24, 2.45) is 5.92 Å². The van der Waals surface area contributed by atoms with Crippen molar-refractivity contribution < 1.29 is 0 Å². The average molecular weight is 225 g/mol. The third-order valence-electron chi connectivity index (χ3n) is 3.04. The molecule has 0 amide bonds. The number of rotatable bonds is 5. The SMILES string of the molecule is CNCCc1nnc(CC2CCCC2)s1. The maximum Gasteiger partial charge on any atom is 0.118 e. The Kier molecular flexibility index (Phi) is 4.09. The average Bonchev–Trinajstić information content (AvgIpc) is 2.87. The van der Waals surface area contributed by atoms with Gasteiger partial charge >= 0.3 is 0 Å². The second kappa shape index (κ2) is 5.56. The molecule has 1 aliphatic carbocycles. The third kappa shape index (κ3) is 3.24. The molecule has 4 heteroatoms. The third-order valence-corrected chi connectivity index (χ3v) is 4.04. The van der Waals surface area contributed by atoms with Gasteiger partial charge in [-0.3, -0.25) is 0 Å². The first-order valence-electron chi connectivity index (χ1n) is 5.84. The van der Waals surface area contributed by atoms with Crippen LogP contribution in [-0.2, 0) is 12.8 Å². The number of hydrogen-bond acceptors (Lipinski definition) is 4. The van der Waals surface area contributed by atoms with E-state index >= 15 is 0 Å². The quantitative estimate of drug-likeness (QED) is 0.833. The molecule has 1 aromatic rings. The van der Waals surface area contributed by atoms with Crippen LogP contribution in [0, 0.1) is 5.92 Å². The highest BCUT2D eigenvalue weighted by molar-refractivity contribution is 7.11. The summed E-state index contributed by atoms with van der Waals surface area (Å²) in [5, 5.41) is 14.1. The van der Waals surface area contributed by atoms with Crippen LogP contribution >= 0.6 is 11.3 Å². The Bertz CT molecular complexity index is 292. The van der Waals surface area contributed by atoms with Gasteiger partial charge in [0.25, 0.3) is 0 Å². The minimum atomic E-state index is 0.884. The fraction of sp³-hybridized carbons (Fsp3) is 0.818. The molecule has 0 radical (unpaired) electrons. The normalized spacial score (nSPS) is 17.4. The van der Waals surface area contributed by atoms with Crippen molar-refractivity contribution >= 4 is 11.3 Å². The molecule has 3 nitrogen and oxygen atoms in total. The summed E-state index contributed by atoms with van der Waals surface area (Å²) in [5.74, 6) is 0.884. The Balaban J connectivity index is 1.83. The molecule has 1 heterocycles. The first-order valence-corrected chi connectivity index (χ1v) is 6.66. The summed E-state index contributed by atoms with van der Waals surface area (Å²) in [6.07, 6.45) is 7.79. The lowest BCUT2D eigenvalue weighted by atomic mass is 10.1. The Labute approximate surface area is 95.3 Å². The zero-order valence-corrected chi connectivity index (χ0v) is 10.1. The van der Waals surface area contributed by atoms with Crippen LogP contribution in [0.2, 0.25) is 0 Å². The van der Waals surface area contributed by atoms with E-state index < -0.39 is 0 Å². The lowest BCUT2D eigenvalue weighted by Gasteiger charge is -2.03. The van der Waals surface area contributed by atoms with Crippen LogP contribution in [0.25, 0.3) is 0 Å². The predicted octanol–water partition coefficient (Wildman–Crippen LogP) is 2.03. The molecule has 0 bridgehead atoms. The highest BCUT2D eigenvalue weighted by atomic mass is 32.1. The molecule has 15 heavy (non-hydrogen) atoms. The van der Waals surface area contributed by atoms with Crippen molar-refractivity contribution in [1.82, 2.24) is 15.5 Å². The van der Waals surface area contributed by atoms with Gasteiger partial charge in [-0.25, -0.2) is 0 Å². The van der Waals surface area contributed by atoms with Gasteiger partial charge in [-0.1, -0.05) is 25.7 Å². The van der Waals surface area contributed by atoms with Gasteiger partial charge < -0.3 is 5.32 Å². The Hall–Kier alpha value is -0.480. The van der Waals surface area contributed by atoms with Crippen molar-refractivity contribution in [3.8, 4) is 0 Å². The summed E-state index contributed by atoms with van der Waals surface area (Å²) in [4.78, 5) is 0. The van der Waals surface area contributed by atoms with Gasteiger partial charge in [-0.2, -0.15) is 0 Å². The molecule has 0 aliphatic heterocycles. The van der Waals surface area contributed by atoms with E-state index in [-0.39, 0.29) is 0 Å². The molecule has 1 fully saturated rings. The van der Waals surface area contributed by atoms with Gasteiger partial charge in [0.1, 0.15) is 10.0 Å². The molecule has 0 saturated heterocycles. The number of aromatic nitrogens is 2. The van der Waals surface area contributed by atoms with Gasteiger partial charge in [-0.15, -0.1) is 21.5 Å². The monoisotopic (exact) mass is 225 g/mol. The lowest BCUT2D eigenvalue weighted by Crippen LogP contribution is -2.09. The summed E-state index contributed by atoms with van der Waals surface area (Å²) < 4.78 is 0. The largest absolute Gasteiger partial charge is 0.319 e. The Morgan fingerprint density at radius 2 is 2.00 bits per heavy atom. The molecule has 0 spiro atoms. The van der Waals surface area contributed by atoms with E-state index in [0.29, 0.717) is 0 Å². The zero-order valence-electron chi connectivity index (χ0n) is 9.33. The molecule has 0 aromatic carbocycles. The topological polar surface area (TPSA) is 37.8 Å². The predicted molar refractivity (Wildman–Crippen MR) is 63.2 cm³/mol. The summed E-state index contributed by atoms with van der Waals surface area (Å²) in [6, 6.07) is 0. The van der Waals surface area contributed by atoms with Crippen molar-refractivity contribution in [2.75, 3.05) is 13.6 Å². The summed E-state index contributed by atoms with van der Waals surface area (Å²) in [7, 11) is 1.97. The van der Waals surface area contributed by atoms with Crippen LogP contribution < -0.4 is 5.32 Å². The lowest BCUT2D eigenvalue weighted by molar-refractivity contribution is 0.542. The Morgan fingerprint density at radius 3 is 2.73 bits per heavy atom. The number of hydrogen-bond donors (Lipinski definition) is 1. The highest BCUT2D eigenvalue weighted by Crippen LogP contribution is 2.28. The van der Waals surface area contributed by atoms with Gasteiger partial charge in [0.2, 0.25) is 0 Å². The fourth-order valence-corrected chi connectivity index (χ4v) is 3.12. The van der Waals surface area contributed by atoms with Crippen LogP contribution in [0.15, 0.2) is 0 Å². The van der Waals surface area contributed by atoms with Crippen LogP contribution in [0.5, 0.6) is 0 Å². The van der Waals surface area contributed by atoms with Crippen LogP contribution in [0.3, 0.4) is 0 Å². The maximum absolute atomic E-state index is 4.27. The summed E-state index contributed by atoms with van der Waals surface area (Å²) >= 11 is 1.80. The van der Waals surface area contributed by atoms with Crippen molar-refractivity contribution in [3.05, 3.63) is 10.0 Å². The molecular formula is C11H19N3S. The van der Waals surface area contributed by atoms with Gasteiger partial charge in [-0.05, 0) is 13.0 Å². The van der Waals surface area contributed by atoms with Gasteiger partial charge in [0.05, 0.1) is 0 Å². The van der Waals surface area contributed by atoms with Gasteiger partial charge in [0.15, 0.2) is 0 Å². The van der Waals surface area contributed by atoms with E-state index in [0.717, 1.165) is 25.3 Å². The second-order valence-electron chi connectivity index (χ2n) is 4.30. The van der Waals surface area contributed by atoms with E-state index in [1.807, 2.05) is 7.05 Å². The minimum Gasteiger partial charge on any atom is -0.319 e. The first kappa shape index (κ1) is 11.0. The van der Waals surface area contributed by atoms with E-state index in [1.54, 1.807) is 11.3 Å². The molecule has 2 rings (SSSR count). The van der Waals surface area contributed by atoms with Crippen molar-refractivity contribution in [2.45, 2.75) is 38.5 Å². The second-order valence-corrected chi connectivity index (χ2v) is 5.44. The molecule has 84 valence electrons. The minimum absolute atomic E-state index is 0.884. The van der Waals surface area contributed by atoms with Crippen LogP contribution in [-0.4, -0.2) is 23.8 Å². The number of likely N-dealkylation sites (N-methyl/N-ethyl adjacent to an activating group) is 1. The highest BCUT2D eigenvalue weighted by Gasteiger charge is 2.17. The Morgan fingerprint density at radius 1 is 1.27 bits per heavy atom. The number of nitrogens with one attached hydrogen (secondary N) is 1. The van der Waals surface area contributed by atoms with E-state index in [1.165, 1.54) is 35.7 Å². The molecule has 1 aromatic heterocycles. The fourth-order valence-electron chi connectivity index (χ4n) is 2.17. The molecule has 1 saturated carbocycles. The molecule has 1 N–H and O–H groups in total. The maximum atomic E-state index is 4.27. The van der Waals surface area contributed by atoms with Crippen molar-refractivity contribution in [1.29, 1.82) is 0 Å².